The second kappa shape index (κ2) is 8.63. The number of carbonyl (C=O) groups is 1. The SMILES string of the molecule is Cc1nn(C)c(C)c1-c1cc(C(=O)NC(C)c2cccc(-n3cccc3)c2)c2ccccc2n1. The number of nitrogens with one attached hydrogen (secondary N) is 1. The Hall–Kier alpha value is -4.19. The van der Waals surface area contributed by atoms with Crippen molar-refractivity contribution in [3.63, 3.8) is 0 Å². The van der Waals surface area contributed by atoms with Gasteiger partial charge in [0.25, 0.3) is 5.91 Å². The van der Waals surface area contributed by atoms with Crippen LogP contribution in [0.5, 0.6) is 0 Å². The molecule has 0 bridgehead atoms. The van der Waals surface area contributed by atoms with Gasteiger partial charge in [0, 0.05) is 41.8 Å². The highest BCUT2D eigenvalue weighted by Gasteiger charge is 2.20. The summed E-state index contributed by atoms with van der Waals surface area (Å²) in [6.45, 7) is 6.00. The highest BCUT2D eigenvalue weighted by Crippen LogP contribution is 2.29. The van der Waals surface area contributed by atoms with Crippen LogP contribution in [0, 0.1) is 13.8 Å². The number of carbonyl (C=O) groups excluding carboxylic acids is 1. The normalized spacial score (nSPS) is 12.1. The molecule has 0 fully saturated rings. The third-order valence-corrected chi connectivity index (χ3v) is 6.35. The van der Waals surface area contributed by atoms with E-state index in [2.05, 4.69) is 27.1 Å². The van der Waals surface area contributed by atoms with Gasteiger partial charge in [0.15, 0.2) is 0 Å². The molecule has 0 saturated carbocycles. The van der Waals surface area contributed by atoms with Gasteiger partial charge in [-0.1, -0.05) is 30.3 Å². The van der Waals surface area contributed by atoms with E-state index in [-0.39, 0.29) is 11.9 Å². The molecule has 0 spiro atoms. The van der Waals surface area contributed by atoms with Crippen LogP contribution in [0.4, 0.5) is 0 Å². The summed E-state index contributed by atoms with van der Waals surface area (Å²) < 4.78 is 3.90. The van der Waals surface area contributed by atoms with E-state index in [9.17, 15) is 4.79 Å². The van der Waals surface area contributed by atoms with Crippen LogP contribution < -0.4 is 5.32 Å². The van der Waals surface area contributed by atoms with E-state index in [1.165, 1.54) is 0 Å². The molecule has 2 aromatic carbocycles. The molecule has 34 heavy (non-hydrogen) atoms. The lowest BCUT2D eigenvalue weighted by atomic mass is 10.0. The molecular formula is C28H27N5O. The second-order valence-corrected chi connectivity index (χ2v) is 8.62. The summed E-state index contributed by atoms with van der Waals surface area (Å²) in [5.74, 6) is -0.127. The Morgan fingerprint density at radius 2 is 1.74 bits per heavy atom. The molecule has 0 radical (unpaired) electrons. The number of rotatable bonds is 5. The fraction of sp³-hybridized carbons (Fsp3) is 0.179. The minimum atomic E-state index is -0.166. The molecular weight excluding hydrogens is 422 g/mol. The Kier molecular flexibility index (Phi) is 5.49. The Balaban J connectivity index is 1.51. The molecule has 3 heterocycles. The van der Waals surface area contributed by atoms with Crippen molar-refractivity contribution in [3.05, 3.63) is 102 Å². The van der Waals surface area contributed by atoms with Crippen LogP contribution in [-0.4, -0.2) is 25.2 Å². The molecule has 1 amide bonds. The fourth-order valence-corrected chi connectivity index (χ4v) is 4.45. The summed E-state index contributed by atoms with van der Waals surface area (Å²) in [4.78, 5) is 18.4. The standard InChI is InChI=1S/C28H27N5O/c1-18(21-10-9-11-22(16-21)33-14-7-8-15-33)29-28(34)24-17-26(27-19(2)31-32(4)20(27)3)30-25-13-6-5-12-23(24)25/h5-18H,1-4H3,(H,29,34). The number of pyridine rings is 1. The molecule has 1 atom stereocenters. The lowest BCUT2D eigenvalue weighted by Crippen LogP contribution is -2.27. The number of hydrogen-bond donors (Lipinski definition) is 1. The monoisotopic (exact) mass is 449 g/mol. The van der Waals surface area contributed by atoms with Crippen molar-refractivity contribution >= 4 is 16.8 Å². The van der Waals surface area contributed by atoms with Gasteiger partial charge in [-0.05, 0) is 62.7 Å². The molecule has 0 aliphatic carbocycles. The van der Waals surface area contributed by atoms with Crippen molar-refractivity contribution in [2.45, 2.75) is 26.8 Å². The van der Waals surface area contributed by atoms with E-state index in [4.69, 9.17) is 4.98 Å². The summed E-state index contributed by atoms with van der Waals surface area (Å²) in [6, 6.07) is 21.7. The molecule has 6 nitrogen and oxygen atoms in total. The molecule has 170 valence electrons. The van der Waals surface area contributed by atoms with Gasteiger partial charge in [-0.25, -0.2) is 4.98 Å². The zero-order valence-electron chi connectivity index (χ0n) is 19.8. The molecule has 0 aliphatic rings. The first-order valence-electron chi connectivity index (χ1n) is 11.4. The van der Waals surface area contributed by atoms with Crippen molar-refractivity contribution in [1.29, 1.82) is 0 Å². The Morgan fingerprint density at radius 3 is 2.47 bits per heavy atom. The van der Waals surface area contributed by atoms with Crippen LogP contribution in [0.1, 0.15) is 40.3 Å². The highest BCUT2D eigenvalue weighted by molar-refractivity contribution is 6.07. The average molecular weight is 450 g/mol. The zero-order chi connectivity index (χ0) is 23.8. The summed E-state index contributed by atoms with van der Waals surface area (Å²) in [7, 11) is 1.92. The molecule has 1 unspecified atom stereocenters. The predicted molar refractivity (Wildman–Crippen MR) is 135 cm³/mol. The van der Waals surface area contributed by atoms with E-state index >= 15 is 0 Å². The van der Waals surface area contributed by atoms with Gasteiger partial charge in [0.1, 0.15) is 0 Å². The first-order valence-corrected chi connectivity index (χ1v) is 11.4. The topological polar surface area (TPSA) is 64.7 Å². The number of fused-ring (bicyclic) bond motifs is 1. The summed E-state index contributed by atoms with van der Waals surface area (Å²) in [5, 5.41) is 8.56. The number of aryl methyl sites for hydroxylation is 2. The first-order chi connectivity index (χ1) is 16.4. The number of benzene rings is 2. The van der Waals surface area contributed by atoms with Crippen LogP contribution in [0.25, 0.3) is 27.8 Å². The quantitative estimate of drug-likeness (QED) is 0.383. The van der Waals surface area contributed by atoms with Gasteiger partial charge in [-0.15, -0.1) is 0 Å². The van der Waals surface area contributed by atoms with Crippen molar-refractivity contribution in [2.24, 2.45) is 7.05 Å². The first kappa shape index (κ1) is 21.6. The molecule has 5 aromatic rings. The smallest absolute Gasteiger partial charge is 0.252 e. The number of hydrogen-bond acceptors (Lipinski definition) is 3. The minimum absolute atomic E-state index is 0.127. The third kappa shape index (κ3) is 3.88. The molecule has 1 N–H and O–H groups in total. The van der Waals surface area contributed by atoms with E-state index < -0.39 is 0 Å². The maximum Gasteiger partial charge on any atom is 0.252 e. The maximum absolute atomic E-state index is 13.5. The number of amides is 1. The third-order valence-electron chi connectivity index (χ3n) is 6.35. The van der Waals surface area contributed by atoms with E-state index in [0.29, 0.717) is 5.56 Å². The number of aromatic nitrogens is 4. The molecule has 3 aromatic heterocycles. The molecule has 0 saturated heterocycles. The fourth-order valence-electron chi connectivity index (χ4n) is 4.45. The van der Waals surface area contributed by atoms with E-state index in [1.54, 1.807) is 0 Å². The predicted octanol–water partition coefficient (Wildman–Crippen LogP) is 5.53. The highest BCUT2D eigenvalue weighted by atomic mass is 16.1. The minimum Gasteiger partial charge on any atom is -0.345 e. The lowest BCUT2D eigenvalue weighted by Gasteiger charge is -2.17. The summed E-state index contributed by atoms with van der Waals surface area (Å²) in [6.07, 6.45) is 4.02. The lowest BCUT2D eigenvalue weighted by molar-refractivity contribution is 0.0941. The summed E-state index contributed by atoms with van der Waals surface area (Å²) in [5.41, 5.74) is 7.13. The summed E-state index contributed by atoms with van der Waals surface area (Å²) >= 11 is 0. The van der Waals surface area contributed by atoms with Crippen LogP contribution in [0.15, 0.2) is 79.1 Å². The van der Waals surface area contributed by atoms with Crippen LogP contribution in [0.3, 0.4) is 0 Å². The zero-order valence-corrected chi connectivity index (χ0v) is 19.8. The van der Waals surface area contributed by atoms with Crippen LogP contribution in [0.2, 0.25) is 0 Å². The largest absolute Gasteiger partial charge is 0.345 e. The number of para-hydroxylation sites is 1. The Bertz CT molecular complexity index is 1500. The van der Waals surface area contributed by atoms with Gasteiger partial charge < -0.3 is 9.88 Å². The van der Waals surface area contributed by atoms with Crippen molar-refractivity contribution < 1.29 is 4.79 Å². The van der Waals surface area contributed by atoms with Crippen LogP contribution in [-0.2, 0) is 7.05 Å². The van der Waals surface area contributed by atoms with Crippen molar-refractivity contribution in [2.75, 3.05) is 0 Å². The molecule has 6 heteroatoms. The van der Waals surface area contributed by atoms with Gasteiger partial charge in [-0.3, -0.25) is 9.48 Å². The Morgan fingerprint density at radius 1 is 0.971 bits per heavy atom. The Labute approximate surface area is 198 Å². The van der Waals surface area contributed by atoms with Crippen LogP contribution >= 0.6 is 0 Å². The maximum atomic E-state index is 13.5. The number of nitrogens with zero attached hydrogens (tertiary/aromatic N) is 4. The van der Waals surface area contributed by atoms with Gasteiger partial charge in [0.2, 0.25) is 0 Å². The molecule has 0 aliphatic heterocycles. The van der Waals surface area contributed by atoms with E-state index in [0.717, 1.165) is 44.8 Å². The van der Waals surface area contributed by atoms with Gasteiger partial charge >= 0.3 is 0 Å². The van der Waals surface area contributed by atoms with Gasteiger partial charge in [0.05, 0.1) is 28.5 Å². The van der Waals surface area contributed by atoms with Gasteiger partial charge in [-0.2, -0.15) is 5.10 Å². The second-order valence-electron chi connectivity index (χ2n) is 8.62. The van der Waals surface area contributed by atoms with Crippen molar-refractivity contribution in [1.82, 2.24) is 24.6 Å². The molecule has 5 rings (SSSR count). The van der Waals surface area contributed by atoms with E-state index in [1.807, 2.05) is 99.5 Å². The van der Waals surface area contributed by atoms with Crippen molar-refractivity contribution in [3.8, 4) is 16.9 Å². The average Bonchev–Trinajstić information content (AvgIpc) is 3.46.